The van der Waals surface area contributed by atoms with Crippen LogP contribution in [-0.2, 0) is 4.79 Å². The van der Waals surface area contributed by atoms with Gasteiger partial charge in [0.05, 0.1) is 11.4 Å². The molecule has 1 fully saturated rings. The van der Waals surface area contributed by atoms with Crippen LogP contribution >= 0.6 is 11.8 Å². The lowest BCUT2D eigenvalue weighted by molar-refractivity contribution is -0.113. The first-order valence-electron chi connectivity index (χ1n) is 5.60. The Labute approximate surface area is 99.0 Å². The molecule has 16 heavy (non-hydrogen) atoms. The van der Waals surface area contributed by atoms with Crippen molar-refractivity contribution < 1.29 is 4.79 Å². The molecule has 0 spiro atoms. The molecule has 3 rings (SSSR count). The predicted octanol–water partition coefficient (Wildman–Crippen LogP) is 1.81. The summed E-state index contributed by atoms with van der Waals surface area (Å²) in [5.74, 6) is 1.26. The fourth-order valence-corrected chi connectivity index (χ4v) is 3.08. The number of rotatable bonds is 1. The maximum absolute atomic E-state index is 11.3. The first-order valence-corrected chi connectivity index (χ1v) is 6.59. The third-order valence-corrected chi connectivity index (χ3v) is 4.24. The molecule has 1 saturated heterocycles. The minimum atomic E-state index is 0.110. The Hall–Kier alpha value is -1.00. The van der Waals surface area contributed by atoms with Crippen molar-refractivity contribution >= 4 is 23.4 Å². The molecule has 0 aromatic heterocycles. The van der Waals surface area contributed by atoms with E-state index in [1.54, 1.807) is 11.8 Å². The minimum Gasteiger partial charge on any atom is -0.324 e. The van der Waals surface area contributed by atoms with Crippen LogP contribution in [0.25, 0.3) is 0 Å². The van der Waals surface area contributed by atoms with Crippen LogP contribution < -0.4 is 10.6 Å². The zero-order valence-electron chi connectivity index (χ0n) is 8.95. The van der Waals surface area contributed by atoms with Crippen LogP contribution in [0.5, 0.6) is 0 Å². The highest BCUT2D eigenvalue weighted by Gasteiger charge is 2.20. The van der Waals surface area contributed by atoms with Crippen LogP contribution in [0.3, 0.4) is 0 Å². The van der Waals surface area contributed by atoms with Gasteiger partial charge in [-0.2, -0.15) is 0 Å². The smallest absolute Gasteiger partial charge is 0.234 e. The van der Waals surface area contributed by atoms with E-state index in [2.05, 4.69) is 28.8 Å². The quantitative estimate of drug-likeness (QED) is 0.778. The van der Waals surface area contributed by atoms with Crippen LogP contribution in [0.15, 0.2) is 23.1 Å². The maximum atomic E-state index is 11.3. The number of carbonyl (C=O) groups is 1. The number of carbonyl (C=O) groups excluding carboxylic acids is 1. The molecular weight excluding hydrogens is 220 g/mol. The average molecular weight is 234 g/mol. The van der Waals surface area contributed by atoms with E-state index in [9.17, 15) is 4.79 Å². The van der Waals surface area contributed by atoms with E-state index in [4.69, 9.17) is 0 Å². The summed E-state index contributed by atoms with van der Waals surface area (Å²) < 4.78 is 0. The van der Waals surface area contributed by atoms with Crippen molar-refractivity contribution in [2.45, 2.75) is 17.2 Å². The second-order valence-electron chi connectivity index (χ2n) is 4.28. The van der Waals surface area contributed by atoms with Crippen molar-refractivity contribution in [2.75, 3.05) is 24.2 Å². The molecule has 1 amide bonds. The van der Waals surface area contributed by atoms with Crippen molar-refractivity contribution in [1.82, 2.24) is 5.32 Å². The van der Waals surface area contributed by atoms with Crippen LogP contribution in [0.1, 0.15) is 17.9 Å². The maximum Gasteiger partial charge on any atom is 0.234 e. The van der Waals surface area contributed by atoms with Gasteiger partial charge < -0.3 is 10.6 Å². The van der Waals surface area contributed by atoms with Crippen molar-refractivity contribution in [1.29, 1.82) is 0 Å². The third kappa shape index (κ3) is 1.83. The summed E-state index contributed by atoms with van der Waals surface area (Å²) in [5.41, 5.74) is 2.33. The zero-order chi connectivity index (χ0) is 11.0. The highest BCUT2D eigenvalue weighted by Crippen LogP contribution is 2.34. The van der Waals surface area contributed by atoms with E-state index in [-0.39, 0.29) is 5.91 Å². The van der Waals surface area contributed by atoms with Gasteiger partial charge in [-0.25, -0.2) is 0 Å². The molecule has 3 nitrogen and oxygen atoms in total. The van der Waals surface area contributed by atoms with Gasteiger partial charge in [0.1, 0.15) is 0 Å². The number of nitrogens with one attached hydrogen (secondary N) is 2. The molecule has 2 aliphatic rings. The van der Waals surface area contributed by atoms with Gasteiger partial charge in [-0.1, -0.05) is 6.07 Å². The Morgan fingerprint density at radius 3 is 3.12 bits per heavy atom. The Morgan fingerprint density at radius 1 is 1.38 bits per heavy atom. The molecule has 2 aliphatic heterocycles. The number of hydrogen-bond donors (Lipinski definition) is 2. The number of thioether (sulfide) groups is 1. The van der Waals surface area contributed by atoms with E-state index >= 15 is 0 Å². The van der Waals surface area contributed by atoms with Crippen molar-refractivity contribution in [3.05, 3.63) is 23.8 Å². The lowest BCUT2D eigenvalue weighted by atomic mass is 9.98. The molecule has 4 heteroatoms. The van der Waals surface area contributed by atoms with Gasteiger partial charge in [-0.05, 0) is 36.6 Å². The Morgan fingerprint density at radius 2 is 2.31 bits per heavy atom. The van der Waals surface area contributed by atoms with Crippen molar-refractivity contribution in [3.63, 3.8) is 0 Å². The molecule has 0 bridgehead atoms. The lowest BCUT2D eigenvalue weighted by Crippen LogP contribution is -2.19. The predicted molar refractivity (Wildman–Crippen MR) is 66.0 cm³/mol. The first-order chi connectivity index (χ1) is 7.83. The van der Waals surface area contributed by atoms with E-state index in [0.717, 1.165) is 18.8 Å². The fraction of sp³-hybridized carbons (Fsp3) is 0.417. The molecule has 0 aliphatic carbocycles. The van der Waals surface area contributed by atoms with Crippen molar-refractivity contribution in [3.8, 4) is 0 Å². The van der Waals surface area contributed by atoms with Gasteiger partial charge in [0, 0.05) is 11.4 Å². The number of hydrogen-bond acceptors (Lipinski definition) is 3. The number of fused-ring (bicyclic) bond motifs is 1. The zero-order valence-corrected chi connectivity index (χ0v) is 9.77. The first kappa shape index (κ1) is 10.2. The fourth-order valence-electron chi connectivity index (χ4n) is 2.29. The number of amides is 1. The molecule has 0 saturated carbocycles. The highest BCUT2D eigenvalue weighted by molar-refractivity contribution is 8.00. The van der Waals surface area contributed by atoms with Crippen molar-refractivity contribution in [2.24, 2.45) is 0 Å². The number of benzene rings is 1. The molecule has 1 atom stereocenters. The van der Waals surface area contributed by atoms with Crippen LogP contribution in [0, 0.1) is 0 Å². The Kier molecular flexibility index (Phi) is 2.61. The standard InChI is InChI=1S/C12H14N2OS/c15-12-7-16-11-2-1-8(5-10(11)14-12)9-3-4-13-6-9/h1-2,5,9,13H,3-4,6-7H2,(H,14,15). The van der Waals surface area contributed by atoms with Gasteiger partial charge in [0.15, 0.2) is 0 Å². The Bertz CT molecular complexity index is 427. The van der Waals surface area contributed by atoms with Crippen LogP contribution in [-0.4, -0.2) is 24.7 Å². The molecule has 2 heterocycles. The summed E-state index contributed by atoms with van der Waals surface area (Å²) in [7, 11) is 0. The summed E-state index contributed by atoms with van der Waals surface area (Å²) in [6.07, 6.45) is 1.19. The molecule has 84 valence electrons. The highest BCUT2D eigenvalue weighted by atomic mass is 32.2. The summed E-state index contributed by atoms with van der Waals surface area (Å²) >= 11 is 1.62. The third-order valence-electron chi connectivity index (χ3n) is 3.17. The van der Waals surface area contributed by atoms with Gasteiger partial charge in [-0.3, -0.25) is 4.79 Å². The van der Waals surface area contributed by atoms with E-state index in [1.165, 1.54) is 16.9 Å². The van der Waals surface area contributed by atoms with E-state index in [1.807, 2.05) is 0 Å². The second kappa shape index (κ2) is 4.11. The van der Waals surface area contributed by atoms with Crippen LogP contribution in [0.4, 0.5) is 5.69 Å². The number of anilines is 1. The normalized spacial score (nSPS) is 24.0. The largest absolute Gasteiger partial charge is 0.324 e. The molecule has 1 unspecified atom stereocenters. The van der Waals surface area contributed by atoms with E-state index in [0.29, 0.717) is 11.7 Å². The molecular formula is C12H14N2OS. The summed E-state index contributed by atoms with van der Waals surface area (Å²) in [5, 5.41) is 6.31. The van der Waals surface area contributed by atoms with Gasteiger partial charge >= 0.3 is 0 Å². The van der Waals surface area contributed by atoms with Gasteiger partial charge in [0.25, 0.3) is 0 Å². The minimum absolute atomic E-state index is 0.110. The van der Waals surface area contributed by atoms with Gasteiger partial charge in [0.2, 0.25) is 5.91 Å². The molecule has 0 radical (unpaired) electrons. The molecule has 1 aromatic rings. The average Bonchev–Trinajstić information content (AvgIpc) is 2.81. The molecule has 1 aromatic carbocycles. The van der Waals surface area contributed by atoms with Crippen LogP contribution in [0.2, 0.25) is 0 Å². The second-order valence-corrected chi connectivity index (χ2v) is 5.30. The molecule has 2 N–H and O–H groups in total. The summed E-state index contributed by atoms with van der Waals surface area (Å²) in [4.78, 5) is 12.5. The topological polar surface area (TPSA) is 41.1 Å². The van der Waals surface area contributed by atoms with E-state index < -0.39 is 0 Å². The monoisotopic (exact) mass is 234 g/mol. The van der Waals surface area contributed by atoms with Gasteiger partial charge in [-0.15, -0.1) is 11.8 Å². The SMILES string of the molecule is O=C1CSc2ccc(C3CCNC3)cc2N1. The Balaban J connectivity index is 1.91. The summed E-state index contributed by atoms with van der Waals surface area (Å²) in [6, 6.07) is 6.46. The lowest BCUT2D eigenvalue weighted by Gasteiger charge is -2.18. The summed E-state index contributed by atoms with van der Waals surface area (Å²) in [6.45, 7) is 2.16.